The highest BCUT2D eigenvalue weighted by atomic mass is 16.5. The van der Waals surface area contributed by atoms with Crippen LogP contribution in [0.5, 0.6) is 11.5 Å². The van der Waals surface area contributed by atoms with Crippen molar-refractivity contribution >= 4 is 17.6 Å². The molecule has 0 aliphatic heterocycles. The first-order valence-electron chi connectivity index (χ1n) is 7.08. The summed E-state index contributed by atoms with van der Waals surface area (Å²) in [7, 11) is 0. The highest BCUT2D eigenvalue weighted by Crippen LogP contribution is 2.26. The summed E-state index contributed by atoms with van der Waals surface area (Å²) in [6.07, 6.45) is 0. The van der Waals surface area contributed by atoms with Crippen LogP contribution in [-0.4, -0.2) is 30.2 Å². The van der Waals surface area contributed by atoms with Gasteiger partial charge in [-0.2, -0.15) is 0 Å². The van der Waals surface area contributed by atoms with Gasteiger partial charge in [-0.1, -0.05) is 12.1 Å². The van der Waals surface area contributed by atoms with Crippen molar-refractivity contribution in [3.8, 4) is 11.5 Å². The molecule has 2 N–H and O–H groups in total. The molecule has 0 aliphatic rings. The number of ether oxygens (including phenoxy) is 2. The maximum absolute atomic E-state index is 11.9. The van der Waals surface area contributed by atoms with E-state index in [4.69, 9.17) is 14.6 Å². The predicted molar refractivity (Wildman–Crippen MR) is 85.1 cm³/mol. The van der Waals surface area contributed by atoms with Crippen LogP contribution in [-0.2, 0) is 4.79 Å². The topological polar surface area (TPSA) is 84.9 Å². The van der Waals surface area contributed by atoms with Crippen LogP contribution in [0.15, 0.2) is 48.5 Å². The molecule has 2 aromatic rings. The monoisotopic (exact) mass is 315 g/mol. The Morgan fingerprint density at radius 3 is 2.17 bits per heavy atom. The highest BCUT2D eigenvalue weighted by molar-refractivity contribution is 5.93. The third kappa shape index (κ3) is 4.74. The fourth-order valence-electron chi connectivity index (χ4n) is 1.88. The normalized spacial score (nSPS) is 9.96. The Hall–Kier alpha value is -3.02. The lowest BCUT2D eigenvalue weighted by Crippen LogP contribution is -2.20. The van der Waals surface area contributed by atoms with Gasteiger partial charge < -0.3 is 19.9 Å². The number of carbonyl (C=O) groups excluding carboxylic acids is 1. The lowest BCUT2D eigenvalue weighted by atomic mass is 10.2. The number of carbonyl (C=O) groups is 2. The molecule has 2 aromatic carbocycles. The first kappa shape index (κ1) is 16.4. The molecule has 0 unspecified atom stereocenters. The van der Waals surface area contributed by atoms with Crippen molar-refractivity contribution in [1.29, 1.82) is 0 Å². The lowest BCUT2D eigenvalue weighted by Gasteiger charge is -2.11. The summed E-state index contributed by atoms with van der Waals surface area (Å²) in [6, 6.07) is 13.0. The van der Waals surface area contributed by atoms with E-state index in [2.05, 4.69) is 5.32 Å². The Morgan fingerprint density at radius 2 is 1.61 bits per heavy atom. The standard InChI is InChI=1S/C17H17NO5/c1-2-22-14-5-3-4-6-15(14)23-11-16(19)18-13-9-7-12(8-10-13)17(20)21/h3-10H,2,11H2,1H3,(H,18,19)(H,20,21). The van der Waals surface area contributed by atoms with Gasteiger partial charge in [-0.25, -0.2) is 4.79 Å². The summed E-state index contributed by atoms with van der Waals surface area (Å²) in [6.45, 7) is 2.19. The molecule has 0 saturated heterocycles. The first-order chi connectivity index (χ1) is 11.1. The van der Waals surface area contributed by atoms with Gasteiger partial charge in [0, 0.05) is 5.69 Å². The zero-order valence-corrected chi connectivity index (χ0v) is 12.6. The van der Waals surface area contributed by atoms with Crippen LogP contribution < -0.4 is 14.8 Å². The van der Waals surface area contributed by atoms with Crippen LogP contribution in [0.1, 0.15) is 17.3 Å². The van der Waals surface area contributed by atoms with Crippen molar-refractivity contribution in [3.05, 3.63) is 54.1 Å². The molecule has 1 amide bonds. The van der Waals surface area contributed by atoms with Gasteiger partial charge in [-0.3, -0.25) is 4.79 Å². The molecule has 6 nitrogen and oxygen atoms in total. The number of nitrogens with one attached hydrogen (secondary N) is 1. The largest absolute Gasteiger partial charge is 0.490 e. The summed E-state index contributed by atoms with van der Waals surface area (Å²) < 4.78 is 10.9. The van der Waals surface area contributed by atoms with Gasteiger partial charge in [-0.05, 0) is 43.3 Å². The Morgan fingerprint density at radius 1 is 1.00 bits per heavy atom. The van der Waals surface area contributed by atoms with Crippen LogP contribution >= 0.6 is 0 Å². The second-order valence-electron chi connectivity index (χ2n) is 4.60. The van der Waals surface area contributed by atoms with E-state index in [0.717, 1.165) is 0 Å². The Labute approximate surface area is 133 Å². The summed E-state index contributed by atoms with van der Waals surface area (Å²) in [4.78, 5) is 22.6. The second-order valence-corrected chi connectivity index (χ2v) is 4.60. The fraction of sp³-hybridized carbons (Fsp3) is 0.176. The minimum atomic E-state index is -1.02. The number of benzene rings is 2. The Bertz CT molecular complexity index is 682. The van der Waals surface area contributed by atoms with Gasteiger partial charge in [-0.15, -0.1) is 0 Å². The number of carboxylic acid groups (broad SMARTS) is 1. The minimum Gasteiger partial charge on any atom is -0.490 e. The molecule has 0 saturated carbocycles. The number of aromatic carboxylic acids is 1. The molecule has 6 heteroatoms. The maximum Gasteiger partial charge on any atom is 0.335 e. The Kier molecular flexibility index (Phi) is 5.57. The SMILES string of the molecule is CCOc1ccccc1OCC(=O)Nc1ccc(C(=O)O)cc1. The van der Waals surface area contributed by atoms with Gasteiger partial charge >= 0.3 is 5.97 Å². The van der Waals surface area contributed by atoms with Crippen molar-refractivity contribution in [2.75, 3.05) is 18.5 Å². The van der Waals surface area contributed by atoms with Gasteiger partial charge in [0.05, 0.1) is 12.2 Å². The Balaban J connectivity index is 1.91. The summed E-state index contributed by atoms with van der Waals surface area (Å²) in [5.41, 5.74) is 0.659. The molecular formula is C17H17NO5. The van der Waals surface area contributed by atoms with E-state index in [0.29, 0.717) is 23.8 Å². The molecule has 120 valence electrons. The average Bonchev–Trinajstić information content (AvgIpc) is 2.55. The van der Waals surface area contributed by atoms with Crippen molar-refractivity contribution < 1.29 is 24.2 Å². The molecule has 0 bridgehead atoms. The number of carboxylic acids is 1. The predicted octanol–water partition coefficient (Wildman–Crippen LogP) is 2.80. The van der Waals surface area contributed by atoms with Crippen molar-refractivity contribution in [2.45, 2.75) is 6.92 Å². The molecule has 0 radical (unpaired) electrons. The van der Waals surface area contributed by atoms with E-state index in [-0.39, 0.29) is 18.1 Å². The number of amides is 1. The van der Waals surface area contributed by atoms with E-state index >= 15 is 0 Å². The quantitative estimate of drug-likeness (QED) is 0.820. The van der Waals surface area contributed by atoms with E-state index in [1.165, 1.54) is 24.3 Å². The first-order valence-corrected chi connectivity index (χ1v) is 7.08. The molecule has 0 aromatic heterocycles. The molecule has 0 atom stereocenters. The van der Waals surface area contributed by atoms with Gasteiger partial charge in [0.15, 0.2) is 18.1 Å². The molecule has 0 aliphatic carbocycles. The molecule has 0 heterocycles. The molecule has 2 rings (SSSR count). The van der Waals surface area contributed by atoms with Crippen LogP contribution in [0.3, 0.4) is 0 Å². The summed E-state index contributed by atoms with van der Waals surface area (Å²) in [5, 5.41) is 11.5. The third-order valence-electron chi connectivity index (χ3n) is 2.92. The summed E-state index contributed by atoms with van der Waals surface area (Å²) >= 11 is 0. The number of anilines is 1. The van der Waals surface area contributed by atoms with Crippen molar-refractivity contribution in [2.24, 2.45) is 0 Å². The van der Waals surface area contributed by atoms with Gasteiger partial charge in [0.2, 0.25) is 0 Å². The number of para-hydroxylation sites is 2. The second kappa shape index (κ2) is 7.84. The van der Waals surface area contributed by atoms with E-state index in [9.17, 15) is 9.59 Å². The minimum absolute atomic E-state index is 0.157. The fourth-order valence-corrected chi connectivity index (χ4v) is 1.88. The lowest BCUT2D eigenvalue weighted by molar-refractivity contribution is -0.118. The van der Waals surface area contributed by atoms with E-state index in [1.807, 2.05) is 13.0 Å². The highest BCUT2D eigenvalue weighted by Gasteiger charge is 2.08. The van der Waals surface area contributed by atoms with Gasteiger partial charge in [0.1, 0.15) is 0 Å². The zero-order valence-electron chi connectivity index (χ0n) is 12.6. The third-order valence-corrected chi connectivity index (χ3v) is 2.92. The molecule has 23 heavy (non-hydrogen) atoms. The van der Waals surface area contributed by atoms with E-state index in [1.54, 1.807) is 18.2 Å². The maximum atomic E-state index is 11.9. The number of hydrogen-bond acceptors (Lipinski definition) is 4. The number of hydrogen-bond donors (Lipinski definition) is 2. The van der Waals surface area contributed by atoms with Crippen LogP contribution in [0.25, 0.3) is 0 Å². The zero-order chi connectivity index (χ0) is 16.7. The smallest absolute Gasteiger partial charge is 0.335 e. The molecular weight excluding hydrogens is 298 g/mol. The average molecular weight is 315 g/mol. The van der Waals surface area contributed by atoms with Crippen LogP contribution in [0.2, 0.25) is 0 Å². The summed E-state index contributed by atoms with van der Waals surface area (Å²) in [5.74, 6) is -0.294. The van der Waals surface area contributed by atoms with Crippen LogP contribution in [0.4, 0.5) is 5.69 Å². The van der Waals surface area contributed by atoms with Crippen molar-refractivity contribution in [3.63, 3.8) is 0 Å². The molecule has 0 spiro atoms. The van der Waals surface area contributed by atoms with Crippen LogP contribution in [0, 0.1) is 0 Å². The number of rotatable bonds is 7. The van der Waals surface area contributed by atoms with Gasteiger partial charge in [0.25, 0.3) is 5.91 Å². The molecule has 0 fully saturated rings. The van der Waals surface area contributed by atoms with E-state index < -0.39 is 5.97 Å². The van der Waals surface area contributed by atoms with Crippen molar-refractivity contribution in [1.82, 2.24) is 0 Å².